The lowest BCUT2D eigenvalue weighted by molar-refractivity contribution is -0.121. The van der Waals surface area contributed by atoms with E-state index in [1.807, 2.05) is 12.1 Å². The molecule has 3 atom stereocenters. The largest absolute Gasteiger partial charge is 0.352 e. The molecular formula is C24H27Cl2N3O2. The van der Waals surface area contributed by atoms with E-state index in [9.17, 15) is 9.59 Å². The fourth-order valence-electron chi connectivity index (χ4n) is 5.05. The summed E-state index contributed by atoms with van der Waals surface area (Å²) >= 11 is 12.0. The second-order valence-corrected chi connectivity index (χ2v) is 9.36. The van der Waals surface area contributed by atoms with E-state index in [2.05, 4.69) is 34.6 Å². The molecule has 2 aromatic carbocycles. The van der Waals surface area contributed by atoms with E-state index < -0.39 is 0 Å². The van der Waals surface area contributed by atoms with Crippen molar-refractivity contribution in [1.82, 2.24) is 15.5 Å². The normalized spacial score (nSPS) is 23.9. The van der Waals surface area contributed by atoms with Crippen LogP contribution < -0.4 is 10.6 Å². The van der Waals surface area contributed by atoms with Gasteiger partial charge >= 0.3 is 0 Å². The summed E-state index contributed by atoms with van der Waals surface area (Å²) in [6.45, 7) is 2.21. The molecule has 2 aromatic rings. The van der Waals surface area contributed by atoms with E-state index >= 15 is 0 Å². The number of amides is 2. The third-order valence-corrected chi connectivity index (χ3v) is 6.94. The third-order valence-electron chi connectivity index (χ3n) is 6.45. The fraction of sp³-hybridized carbons (Fsp3) is 0.417. The first-order chi connectivity index (χ1) is 14.9. The van der Waals surface area contributed by atoms with E-state index in [4.69, 9.17) is 23.2 Å². The van der Waals surface area contributed by atoms with Crippen LogP contribution in [-0.4, -0.2) is 41.4 Å². The molecule has 31 heavy (non-hydrogen) atoms. The summed E-state index contributed by atoms with van der Waals surface area (Å²) in [4.78, 5) is 27.3. The predicted octanol–water partition coefficient (Wildman–Crippen LogP) is 4.60. The highest BCUT2D eigenvalue weighted by molar-refractivity contribution is 6.31. The molecule has 5 nitrogen and oxygen atoms in total. The van der Waals surface area contributed by atoms with Gasteiger partial charge in [-0.2, -0.15) is 0 Å². The Bertz CT molecular complexity index is 936. The summed E-state index contributed by atoms with van der Waals surface area (Å²) in [5.74, 6) is -0.455. The van der Waals surface area contributed by atoms with Gasteiger partial charge in [0.2, 0.25) is 5.91 Å². The Balaban J connectivity index is 1.29. The molecule has 0 radical (unpaired) electrons. The van der Waals surface area contributed by atoms with Crippen molar-refractivity contribution in [3.63, 3.8) is 0 Å². The Kier molecular flexibility index (Phi) is 6.85. The van der Waals surface area contributed by atoms with Crippen molar-refractivity contribution < 1.29 is 9.59 Å². The summed E-state index contributed by atoms with van der Waals surface area (Å²) in [6, 6.07) is 16.1. The second-order valence-electron chi connectivity index (χ2n) is 8.49. The monoisotopic (exact) mass is 459 g/mol. The van der Waals surface area contributed by atoms with E-state index in [1.54, 1.807) is 24.3 Å². The zero-order valence-electron chi connectivity index (χ0n) is 17.5. The maximum absolute atomic E-state index is 12.4. The molecule has 164 valence electrons. The van der Waals surface area contributed by atoms with Crippen molar-refractivity contribution in [2.24, 2.45) is 0 Å². The van der Waals surface area contributed by atoms with E-state index in [0.717, 1.165) is 30.7 Å². The molecule has 2 aliphatic rings. The third kappa shape index (κ3) is 5.22. The number of hydrogen-bond donors (Lipinski definition) is 2. The van der Waals surface area contributed by atoms with Crippen LogP contribution in [0.3, 0.4) is 0 Å². The number of rotatable bonds is 6. The van der Waals surface area contributed by atoms with Gasteiger partial charge in [-0.25, -0.2) is 0 Å². The van der Waals surface area contributed by atoms with Crippen molar-refractivity contribution in [1.29, 1.82) is 0 Å². The zero-order chi connectivity index (χ0) is 22.0. The van der Waals surface area contributed by atoms with Crippen molar-refractivity contribution in [3.05, 3.63) is 69.7 Å². The molecule has 3 unspecified atom stereocenters. The Hall–Kier alpha value is -2.08. The molecule has 0 aromatic heterocycles. The molecule has 2 aliphatic heterocycles. The summed E-state index contributed by atoms with van der Waals surface area (Å²) in [5.41, 5.74) is 1.72. The lowest BCUT2D eigenvalue weighted by Crippen LogP contribution is -2.52. The van der Waals surface area contributed by atoms with Crippen LogP contribution in [0.25, 0.3) is 0 Å². The number of carbonyl (C=O) groups is 2. The molecule has 2 fully saturated rings. The number of piperidine rings is 1. The number of carbonyl (C=O) groups excluding carboxylic acids is 2. The number of halogens is 2. The van der Waals surface area contributed by atoms with Crippen LogP contribution in [0, 0.1) is 0 Å². The highest BCUT2D eigenvalue weighted by Crippen LogP contribution is 2.41. The molecule has 7 heteroatoms. The van der Waals surface area contributed by atoms with Crippen LogP contribution in [0.4, 0.5) is 0 Å². The van der Waals surface area contributed by atoms with Crippen molar-refractivity contribution in [3.8, 4) is 0 Å². The molecule has 4 rings (SSSR count). The summed E-state index contributed by atoms with van der Waals surface area (Å²) in [7, 11) is 0. The Labute approximate surface area is 193 Å². The van der Waals surface area contributed by atoms with Crippen LogP contribution in [-0.2, 0) is 4.79 Å². The van der Waals surface area contributed by atoms with E-state index in [0.29, 0.717) is 28.7 Å². The molecule has 2 heterocycles. The number of fused-ring (bicyclic) bond motifs is 2. The van der Waals surface area contributed by atoms with Gasteiger partial charge in [0.1, 0.15) is 0 Å². The second kappa shape index (κ2) is 9.60. The first-order valence-corrected chi connectivity index (χ1v) is 11.5. The number of hydrogen-bond acceptors (Lipinski definition) is 3. The summed E-state index contributed by atoms with van der Waals surface area (Å²) in [5, 5.41) is 7.04. The van der Waals surface area contributed by atoms with Crippen LogP contribution in [0.1, 0.15) is 54.6 Å². The molecule has 2 amide bonds. The SMILES string of the molecule is CC(c1ccc(Cl)cc1)N1C2CCC1CC(NC(=O)CNC(=O)c1cccc(Cl)c1)C2. The minimum Gasteiger partial charge on any atom is -0.352 e. The summed E-state index contributed by atoms with van der Waals surface area (Å²) < 4.78 is 0. The predicted molar refractivity (Wildman–Crippen MR) is 123 cm³/mol. The molecule has 2 N–H and O–H groups in total. The van der Waals surface area contributed by atoms with Gasteiger partial charge in [-0.3, -0.25) is 14.5 Å². The topological polar surface area (TPSA) is 61.4 Å². The average Bonchev–Trinajstić information content (AvgIpc) is 3.02. The smallest absolute Gasteiger partial charge is 0.251 e. The van der Waals surface area contributed by atoms with Gasteiger partial charge in [-0.1, -0.05) is 41.4 Å². The van der Waals surface area contributed by atoms with Crippen LogP contribution >= 0.6 is 23.2 Å². The minimum absolute atomic E-state index is 0.0396. The maximum Gasteiger partial charge on any atom is 0.251 e. The van der Waals surface area contributed by atoms with Gasteiger partial charge in [-0.05, 0) is 68.5 Å². The molecular weight excluding hydrogens is 433 g/mol. The van der Waals surface area contributed by atoms with Crippen molar-refractivity contribution in [2.75, 3.05) is 6.54 Å². The zero-order valence-corrected chi connectivity index (χ0v) is 19.0. The number of benzene rings is 2. The van der Waals surface area contributed by atoms with Crippen LogP contribution in [0.2, 0.25) is 10.0 Å². The molecule has 0 spiro atoms. The molecule has 0 saturated carbocycles. The van der Waals surface area contributed by atoms with Gasteiger partial charge in [0.25, 0.3) is 5.91 Å². The quantitative estimate of drug-likeness (QED) is 0.663. The van der Waals surface area contributed by atoms with Gasteiger partial charge in [0.15, 0.2) is 0 Å². The van der Waals surface area contributed by atoms with E-state index in [-0.39, 0.29) is 24.4 Å². The Morgan fingerprint density at radius 3 is 2.35 bits per heavy atom. The number of nitrogens with zero attached hydrogens (tertiary/aromatic N) is 1. The van der Waals surface area contributed by atoms with Gasteiger partial charge < -0.3 is 10.6 Å². The number of nitrogens with one attached hydrogen (secondary N) is 2. The van der Waals surface area contributed by atoms with Crippen LogP contribution in [0.5, 0.6) is 0 Å². The Morgan fingerprint density at radius 2 is 1.71 bits per heavy atom. The van der Waals surface area contributed by atoms with Gasteiger partial charge in [0, 0.05) is 39.8 Å². The van der Waals surface area contributed by atoms with Crippen molar-refractivity contribution >= 4 is 35.0 Å². The summed E-state index contributed by atoms with van der Waals surface area (Å²) in [6.07, 6.45) is 4.17. The first-order valence-electron chi connectivity index (χ1n) is 10.8. The molecule has 0 aliphatic carbocycles. The standard InChI is InChI=1S/C24H27Cl2N3O2/c1-15(16-5-7-18(25)8-6-16)29-21-9-10-22(29)13-20(12-21)28-23(30)14-27-24(31)17-3-2-4-19(26)11-17/h2-8,11,15,20-22H,9-10,12-14H2,1H3,(H,27,31)(H,28,30). The van der Waals surface area contributed by atoms with Crippen molar-refractivity contribution in [2.45, 2.75) is 56.8 Å². The minimum atomic E-state index is -0.302. The van der Waals surface area contributed by atoms with E-state index in [1.165, 1.54) is 5.56 Å². The lowest BCUT2D eigenvalue weighted by atomic mass is 9.93. The Morgan fingerprint density at radius 1 is 1.03 bits per heavy atom. The highest BCUT2D eigenvalue weighted by Gasteiger charge is 2.43. The molecule has 2 saturated heterocycles. The average molecular weight is 460 g/mol. The van der Waals surface area contributed by atoms with Crippen LogP contribution in [0.15, 0.2) is 48.5 Å². The fourth-order valence-corrected chi connectivity index (χ4v) is 5.36. The van der Waals surface area contributed by atoms with Gasteiger partial charge in [-0.15, -0.1) is 0 Å². The lowest BCUT2D eigenvalue weighted by Gasteiger charge is -2.43. The maximum atomic E-state index is 12.4. The first kappa shape index (κ1) is 22.1. The van der Waals surface area contributed by atoms with Gasteiger partial charge in [0.05, 0.1) is 6.54 Å². The molecule has 2 bridgehead atoms. The highest BCUT2D eigenvalue weighted by atomic mass is 35.5.